The number of nitrogens with two attached hydrogens (primary N) is 1. The highest BCUT2D eigenvalue weighted by Gasteiger charge is 2.35. The Balaban J connectivity index is 1.79. The molecule has 1 heterocycles. The van der Waals surface area contributed by atoms with Gasteiger partial charge in [-0.3, -0.25) is 4.90 Å². The monoisotopic (exact) mass is 284 g/mol. The van der Waals surface area contributed by atoms with Gasteiger partial charge in [-0.2, -0.15) is 0 Å². The number of nitrogens with zero attached hydrogens (tertiary/aromatic N) is 1. The van der Waals surface area contributed by atoms with Gasteiger partial charge in [-0.1, -0.05) is 20.3 Å². The minimum atomic E-state index is -0.0798. The van der Waals surface area contributed by atoms with Crippen LogP contribution in [0.25, 0.3) is 0 Å². The summed E-state index contributed by atoms with van der Waals surface area (Å²) in [5.41, 5.74) is 5.94. The van der Waals surface area contributed by atoms with Gasteiger partial charge in [-0.15, -0.1) is 0 Å². The van der Waals surface area contributed by atoms with E-state index in [9.17, 15) is 0 Å². The molecule has 0 bridgehead atoms. The van der Waals surface area contributed by atoms with E-state index in [2.05, 4.69) is 18.7 Å². The van der Waals surface area contributed by atoms with Crippen LogP contribution in [0.15, 0.2) is 0 Å². The fraction of sp³-hybridized carbons (Fsp3) is 1.00. The Hall–Kier alpha value is -0.160. The first-order chi connectivity index (χ1) is 9.71. The van der Waals surface area contributed by atoms with Crippen molar-refractivity contribution in [1.82, 2.24) is 4.90 Å². The van der Waals surface area contributed by atoms with E-state index in [4.69, 9.17) is 15.2 Å². The van der Waals surface area contributed by atoms with Gasteiger partial charge in [-0.05, 0) is 38.1 Å². The maximum Gasteiger partial charge on any atom is 0.0935 e. The fourth-order valence-electron chi connectivity index (χ4n) is 3.46. The van der Waals surface area contributed by atoms with Gasteiger partial charge >= 0.3 is 0 Å². The molecule has 0 aromatic carbocycles. The van der Waals surface area contributed by atoms with E-state index in [0.29, 0.717) is 13.2 Å². The molecule has 0 radical (unpaired) electrons. The maximum absolute atomic E-state index is 6.27. The molecule has 1 aliphatic heterocycles. The molecule has 20 heavy (non-hydrogen) atoms. The molecule has 4 nitrogen and oxygen atoms in total. The van der Waals surface area contributed by atoms with Gasteiger partial charge in [0.25, 0.3) is 0 Å². The number of rotatable bonds is 6. The van der Waals surface area contributed by atoms with Crippen LogP contribution >= 0.6 is 0 Å². The average Bonchev–Trinajstić information content (AvgIpc) is 2.53. The molecule has 1 atom stereocenters. The molecule has 4 heteroatoms. The highest BCUT2D eigenvalue weighted by molar-refractivity contribution is 4.88. The number of likely N-dealkylation sites (N-methyl/N-ethyl adjacent to an activating group) is 1. The summed E-state index contributed by atoms with van der Waals surface area (Å²) in [6.45, 7) is 9.81. The quantitative estimate of drug-likeness (QED) is 0.810. The topological polar surface area (TPSA) is 47.7 Å². The second-order valence-electron chi connectivity index (χ2n) is 6.44. The SMILES string of the molecule is CCC1CCC(CN)(OCC2CN(CC)CCO2)CC1. The first-order valence-corrected chi connectivity index (χ1v) is 8.39. The lowest BCUT2D eigenvalue weighted by Crippen LogP contribution is -2.49. The Morgan fingerprint density at radius 1 is 1.30 bits per heavy atom. The molecule has 1 unspecified atom stereocenters. The largest absolute Gasteiger partial charge is 0.373 e. The van der Waals surface area contributed by atoms with E-state index in [1.54, 1.807) is 0 Å². The fourth-order valence-corrected chi connectivity index (χ4v) is 3.46. The number of hydrogen-bond donors (Lipinski definition) is 1. The third-order valence-corrected chi connectivity index (χ3v) is 5.21. The van der Waals surface area contributed by atoms with Crippen molar-refractivity contribution in [3.05, 3.63) is 0 Å². The van der Waals surface area contributed by atoms with Crippen molar-refractivity contribution in [3.8, 4) is 0 Å². The normalized spacial score (nSPS) is 36.1. The summed E-state index contributed by atoms with van der Waals surface area (Å²) >= 11 is 0. The molecule has 0 spiro atoms. The summed E-state index contributed by atoms with van der Waals surface area (Å²) in [5.74, 6) is 0.875. The summed E-state index contributed by atoms with van der Waals surface area (Å²) in [5, 5.41) is 0. The summed E-state index contributed by atoms with van der Waals surface area (Å²) < 4.78 is 12.1. The predicted molar refractivity (Wildman–Crippen MR) is 81.8 cm³/mol. The van der Waals surface area contributed by atoms with E-state index in [1.807, 2.05) is 0 Å². The smallest absolute Gasteiger partial charge is 0.0935 e. The van der Waals surface area contributed by atoms with Crippen molar-refractivity contribution < 1.29 is 9.47 Å². The van der Waals surface area contributed by atoms with E-state index in [-0.39, 0.29) is 11.7 Å². The Morgan fingerprint density at radius 3 is 2.65 bits per heavy atom. The van der Waals surface area contributed by atoms with E-state index in [0.717, 1.165) is 45.0 Å². The summed E-state index contributed by atoms with van der Waals surface area (Å²) in [4.78, 5) is 2.43. The highest BCUT2D eigenvalue weighted by atomic mass is 16.5. The minimum absolute atomic E-state index is 0.0798. The molecule has 0 amide bonds. The van der Waals surface area contributed by atoms with Gasteiger partial charge in [0.1, 0.15) is 0 Å². The van der Waals surface area contributed by atoms with Gasteiger partial charge in [0.15, 0.2) is 0 Å². The molecule has 0 aromatic heterocycles. The van der Waals surface area contributed by atoms with Gasteiger partial charge < -0.3 is 15.2 Å². The molecule has 118 valence electrons. The zero-order chi connectivity index (χ0) is 14.4. The van der Waals surface area contributed by atoms with Gasteiger partial charge in [0.2, 0.25) is 0 Å². The van der Waals surface area contributed by atoms with Crippen LogP contribution in [0.1, 0.15) is 46.0 Å². The zero-order valence-electron chi connectivity index (χ0n) is 13.3. The zero-order valence-corrected chi connectivity index (χ0v) is 13.3. The predicted octanol–water partition coefficient (Wildman–Crippen LogP) is 2.02. The van der Waals surface area contributed by atoms with E-state index < -0.39 is 0 Å². The van der Waals surface area contributed by atoms with Crippen LogP contribution in [0.2, 0.25) is 0 Å². The molecule has 1 saturated carbocycles. The molecule has 2 rings (SSSR count). The third kappa shape index (κ3) is 4.17. The molecular weight excluding hydrogens is 252 g/mol. The summed E-state index contributed by atoms with van der Waals surface area (Å²) in [6.07, 6.45) is 6.27. The Bertz CT molecular complexity index is 278. The van der Waals surface area contributed by atoms with Crippen LogP contribution in [-0.2, 0) is 9.47 Å². The number of hydrogen-bond acceptors (Lipinski definition) is 4. The standard InChI is InChI=1S/C16H32N2O2/c1-3-14-5-7-16(13-17,8-6-14)20-12-15-11-18(4-2)9-10-19-15/h14-15H,3-13,17H2,1-2H3. The van der Waals surface area contributed by atoms with Crippen LogP contribution in [0.5, 0.6) is 0 Å². The van der Waals surface area contributed by atoms with Crippen molar-refractivity contribution in [2.24, 2.45) is 11.7 Å². The van der Waals surface area contributed by atoms with Crippen LogP contribution < -0.4 is 5.73 Å². The molecule has 1 saturated heterocycles. The molecular formula is C16H32N2O2. The lowest BCUT2D eigenvalue weighted by atomic mass is 9.77. The molecule has 1 aliphatic carbocycles. The highest BCUT2D eigenvalue weighted by Crippen LogP contribution is 2.35. The average molecular weight is 284 g/mol. The Kier molecular flexibility index (Phi) is 6.27. The Labute approximate surface area is 124 Å². The lowest BCUT2D eigenvalue weighted by Gasteiger charge is -2.41. The summed E-state index contributed by atoms with van der Waals surface area (Å²) in [7, 11) is 0. The van der Waals surface area contributed by atoms with Crippen LogP contribution in [0.4, 0.5) is 0 Å². The van der Waals surface area contributed by atoms with Crippen LogP contribution in [0.3, 0.4) is 0 Å². The maximum atomic E-state index is 6.27. The first kappa shape index (κ1) is 16.2. The van der Waals surface area contributed by atoms with Gasteiger partial charge in [-0.25, -0.2) is 0 Å². The second kappa shape index (κ2) is 7.74. The molecule has 2 N–H and O–H groups in total. The summed E-state index contributed by atoms with van der Waals surface area (Å²) in [6, 6.07) is 0. The number of ether oxygens (including phenoxy) is 2. The molecule has 0 aromatic rings. The van der Waals surface area contributed by atoms with E-state index in [1.165, 1.54) is 19.3 Å². The van der Waals surface area contributed by atoms with Crippen molar-refractivity contribution in [3.63, 3.8) is 0 Å². The van der Waals surface area contributed by atoms with Crippen LogP contribution in [0, 0.1) is 5.92 Å². The third-order valence-electron chi connectivity index (χ3n) is 5.21. The van der Waals surface area contributed by atoms with Crippen molar-refractivity contribution in [2.75, 3.05) is 39.4 Å². The van der Waals surface area contributed by atoms with Gasteiger partial charge in [0, 0.05) is 19.6 Å². The van der Waals surface area contributed by atoms with Crippen molar-refractivity contribution in [1.29, 1.82) is 0 Å². The molecule has 2 fully saturated rings. The lowest BCUT2D eigenvalue weighted by molar-refractivity contribution is -0.130. The van der Waals surface area contributed by atoms with Gasteiger partial charge in [0.05, 0.1) is 24.9 Å². The van der Waals surface area contributed by atoms with E-state index >= 15 is 0 Å². The van der Waals surface area contributed by atoms with Crippen LogP contribution in [-0.4, -0.2) is 56.0 Å². The minimum Gasteiger partial charge on any atom is -0.373 e. The van der Waals surface area contributed by atoms with Crippen molar-refractivity contribution >= 4 is 0 Å². The first-order valence-electron chi connectivity index (χ1n) is 8.39. The Morgan fingerprint density at radius 2 is 2.05 bits per heavy atom. The second-order valence-corrected chi connectivity index (χ2v) is 6.44. The molecule has 2 aliphatic rings. The van der Waals surface area contributed by atoms with Crippen molar-refractivity contribution in [2.45, 2.75) is 57.7 Å². The number of morpholine rings is 1.